The maximum atomic E-state index is 13.6. The third-order valence-electron chi connectivity index (χ3n) is 6.32. The first-order chi connectivity index (χ1) is 17.7. The van der Waals surface area contributed by atoms with Gasteiger partial charge in [0.05, 0.1) is 23.2 Å². The molecule has 6 rings (SSSR count). The molecular formula is C23H20F3N9O2. The smallest absolute Gasteiger partial charge is 0.411 e. The standard InChI is InChI=1S/C23H20F3N9O2/c1-12(2)13-4-3-7-34-17(13)10-16(31-34)19-18-14(27-11-28-18)5-8-33(19)22(36)21-30-29-20(37-21)15-6-9-35(32-15)23(24,25)26/h3-4,6-7,9-12,19H,5,8H2,1-2H3,(H,27,28)/t19-/m0/s1. The molecule has 5 aromatic rings. The maximum Gasteiger partial charge on any atom is 0.504 e. The van der Waals surface area contributed by atoms with E-state index in [0.717, 1.165) is 29.0 Å². The number of nitrogens with zero attached hydrogens (tertiary/aromatic N) is 8. The van der Waals surface area contributed by atoms with E-state index in [1.54, 1.807) is 10.8 Å². The lowest BCUT2D eigenvalue weighted by atomic mass is 9.98. The molecule has 5 aromatic heterocycles. The quantitative estimate of drug-likeness (QED) is 0.390. The van der Waals surface area contributed by atoms with Gasteiger partial charge in [-0.05, 0) is 29.7 Å². The van der Waals surface area contributed by atoms with Crippen LogP contribution in [0.3, 0.4) is 0 Å². The highest BCUT2D eigenvalue weighted by Crippen LogP contribution is 2.35. The van der Waals surface area contributed by atoms with E-state index in [1.165, 1.54) is 4.90 Å². The Kier molecular flexibility index (Phi) is 5.14. The van der Waals surface area contributed by atoms with E-state index in [0.29, 0.717) is 24.4 Å². The van der Waals surface area contributed by atoms with Crippen LogP contribution < -0.4 is 0 Å². The zero-order chi connectivity index (χ0) is 25.9. The Labute approximate surface area is 206 Å². The summed E-state index contributed by atoms with van der Waals surface area (Å²) in [5.74, 6) is -0.994. The summed E-state index contributed by atoms with van der Waals surface area (Å²) >= 11 is 0. The van der Waals surface area contributed by atoms with E-state index in [9.17, 15) is 18.0 Å². The number of aromatic nitrogens is 8. The molecule has 0 unspecified atom stereocenters. The molecule has 0 aliphatic carbocycles. The van der Waals surface area contributed by atoms with E-state index in [2.05, 4.69) is 39.1 Å². The molecule has 1 aliphatic rings. The summed E-state index contributed by atoms with van der Waals surface area (Å²) in [4.78, 5) is 22.7. The van der Waals surface area contributed by atoms with E-state index < -0.39 is 18.2 Å². The van der Waals surface area contributed by atoms with Crippen molar-refractivity contribution in [2.75, 3.05) is 6.54 Å². The van der Waals surface area contributed by atoms with Crippen molar-refractivity contribution in [2.24, 2.45) is 0 Å². The van der Waals surface area contributed by atoms with Crippen molar-refractivity contribution in [1.29, 1.82) is 0 Å². The molecule has 6 heterocycles. The van der Waals surface area contributed by atoms with Crippen molar-refractivity contribution >= 4 is 11.4 Å². The molecule has 11 nitrogen and oxygen atoms in total. The first-order valence-electron chi connectivity index (χ1n) is 11.5. The van der Waals surface area contributed by atoms with E-state index in [1.807, 2.05) is 24.4 Å². The molecule has 1 N–H and O–H groups in total. The number of amides is 1. The number of halogens is 3. The third-order valence-corrected chi connectivity index (χ3v) is 6.32. The fourth-order valence-corrected chi connectivity index (χ4v) is 4.59. The van der Waals surface area contributed by atoms with Crippen LogP contribution in [0.25, 0.3) is 17.1 Å². The second kappa shape index (κ2) is 8.28. The number of fused-ring (bicyclic) bond motifs is 2. The number of rotatable bonds is 4. The molecule has 190 valence electrons. The van der Waals surface area contributed by atoms with Gasteiger partial charge in [0.1, 0.15) is 11.7 Å². The van der Waals surface area contributed by atoms with Crippen LogP contribution in [0.4, 0.5) is 13.2 Å². The molecule has 1 aliphatic heterocycles. The number of hydrogen-bond acceptors (Lipinski definition) is 7. The summed E-state index contributed by atoms with van der Waals surface area (Å²) < 4.78 is 45.7. The lowest BCUT2D eigenvalue weighted by Gasteiger charge is -2.32. The van der Waals surface area contributed by atoms with Gasteiger partial charge < -0.3 is 14.3 Å². The highest BCUT2D eigenvalue weighted by Gasteiger charge is 2.38. The Morgan fingerprint density at radius 1 is 1.19 bits per heavy atom. The molecule has 0 spiro atoms. The predicted octanol–water partition coefficient (Wildman–Crippen LogP) is 3.69. The van der Waals surface area contributed by atoms with Crippen molar-refractivity contribution < 1.29 is 22.4 Å². The number of carbonyl (C=O) groups excluding carboxylic acids is 1. The maximum absolute atomic E-state index is 13.6. The van der Waals surface area contributed by atoms with Gasteiger partial charge in [0.25, 0.3) is 5.89 Å². The van der Waals surface area contributed by atoms with Crippen LogP contribution >= 0.6 is 0 Å². The lowest BCUT2D eigenvalue weighted by molar-refractivity contribution is -0.212. The Morgan fingerprint density at radius 2 is 2.03 bits per heavy atom. The van der Waals surface area contributed by atoms with E-state index in [4.69, 9.17) is 9.52 Å². The van der Waals surface area contributed by atoms with Gasteiger partial charge in [0.15, 0.2) is 0 Å². The summed E-state index contributed by atoms with van der Waals surface area (Å²) in [6.45, 7) is 4.49. The van der Waals surface area contributed by atoms with Crippen molar-refractivity contribution in [3.05, 3.63) is 71.5 Å². The molecule has 1 atom stereocenters. The number of nitrogens with one attached hydrogen (secondary N) is 1. The Balaban J connectivity index is 1.37. The SMILES string of the molecule is CC(C)c1cccn2nc([C@H]3c4nc[nH]c4CCN3C(=O)c3nnc(-c4ccn(C(F)(F)F)n4)o3)cc12. The van der Waals surface area contributed by atoms with Crippen molar-refractivity contribution in [1.82, 2.24) is 44.5 Å². The summed E-state index contributed by atoms with van der Waals surface area (Å²) in [5, 5.41) is 15.7. The molecule has 1 amide bonds. The zero-order valence-corrected chi connectivity index (χ0v) is 19.6. The second-order valence-corrected chi connectivity index (χ2v) is 8.96. The average molecular weight is 511 g/mol. The molecule has 0 radical (unpaired) electrons. The third kappa shape index (κ3) is 3.84. The number of H-pyrrole nitrogens is 1. The highest BCUT2D eigenvalue weighted by molar-refractivity contribution is 5.90. The number of imidazole rings is 1. The zero-order valence-electron chi connectivity index (χ0n) is 19.6. The summed E-state index contributed by atoms with van der Waals surface area (Å²) in [5.41, 5.74) is 3.98. The molecule has 0 bridgehead atoms. The number of hydrogen-bond donors (Lipinski definition) is 1. The van der Waals surface area contributed by atoms with E-state index >= 15 is 0 Å². The van der Waals surface area contributed by atoms with E-state index in [-0.39, 0.29) is 28.1 Å². The Bertz CT molecular complexity index is 1610. The molecule has 0 saturated heterocycles. The fourth-order valence-electron chi connectivity index (χ4n) is 4.59. The molecule has 14 heteroatoms. The molecule has 37 heavy (non-hydrogen) atoms. The molecule has 0 aromatic carbocycles. The van der Waals surface area contributed by atoms with Crippen molar-refractivity contribution in [2.45, 2.75) is 38.5 Å². The van der Waals surface area contributed by atoms with Gasteiger partial charge in [0, 0.05) is 31.1 Å². The van der Waals surface area contributed by atoms with Gasteiger partial charge in [-0.15, -0.1) is 23.4 Å². The number of alkyl halides is 3. The average Bonchev–Trinajstić information content (AvgIpc) is 3.66. The monoisotopic (exact) mass is 511 g/mol. The van der Waals surface area contributed by atoms with Gasteiger partial charge in [0.2, 0.25) is 0 Å². The predicted molar refractivity (Wildman–Crippen MR) is 121 cm³/mol. The Morgan fingerprint density at radius 3 is 2.78 bits per heavy atom. The van der Waals surface area contributed by atoms with Gasteiger partial charge in [-0.1, -0.05) is 19.9 Å². The number of aromatic amines is 1. The first-order valence-corrected chi connectivity index (χ1v) is 11.5. The number of pyridine rings is 1. The van der Waals surface area contributed by atoms with Crippen LogP contribution in [0, 0.1) is 0 Å². The largest absolute Gasteiger partial charge is 0.504 e. The highest BCUT2D eigenvalue weighted by atomic mass is 19.4. The summed E-state index contributed by atoms with van der Waals surface area (Å²) in [6, 6.07) is 6.34. The fraction of sp³-hybridized carbons (Fsp3) is 0.304. The minimum absolute atomic E-state index is 0.178. The van der Waals surface area contributed by atoms with Crippen molar-refractivity contribution in [3.8, 4) is 11.6 Å². The summed E-state index contributed by atoms with van der Waals surface area (Å²) in [7, 11) is 0. The Hall–Kier alpha value is -4.49. The van der Waals surface area contributed by atoms with Crippen LogP contribution in [0.1, 0.15) is 59.1 Å². The molecule has 0 saturated carbocycles. The van der Waals surface area contributed by atoms with Gasteiger partial charge in [-0.25, -0.2) is 9.50 Å². The first kappa shape index (κ1) is 22.9. The topological polar surface area (TPSA) is 123 Å². The number of carbonyl (C=O) groups is 1. The molecular weight excluding hydrogens is 491 g/mol. The van der Waals surface area contributed by atoms with Crippen molar-refractivity contribution in [3.63, 3.8) is 0 Å². The normalized spacial score (nSPS) is 16.1. The lowest BCUT2D eigenvalue weighted by Crippen LogP contribution is -2.41. The van der Waals surface area contributed by atoms with Crippen LogP contribution in [0.2, 0.25) is 0 Å². The minimum atomic E-state index is -4.69. The second-order valence-electron chi connectivity index (χ2n) is 8.96. The van der Waals surface area contributed by atoms with Crippen LogP contribution in [-0.2, 0) is 12.7 Å². The van der Waals surface area contributed by atoms with Crippen LogP contribution in [-0.4, -0.2) is 56.9 Å². The minimum Gasteiger partial charge on any atom is -0.411 e. The summed E-state index contributed by atoms with van der Waals surface area (Å²) in [6.07, 6.45) is -0.0319. The van der Waals surface area contributed by atoms with Gasteiger partial charge in [-0.2, -0.15) is 14.9 Å². The van der Waals surface area contributed by atoms with Gasteiger partial charge >= 0.3 is 18.1 Å². The van der Waals surface area contributed by atoms with Gasteiger partial charge in [-0.3, -0.25) is 4.79 Å². The van der Waals surface area contributed by atoms with Crippen LogP contribution in [0.15, 0.2) is 47.4 Å². The van der Waals surface area contributed by atoms with Crippen LogP contribution in [0.5, 0.6) is 0 Å². The molecule has 0 fully saturated rings.